The monoisotopic (exact) mass is 403 g/mol. The molecule has 0 saturated carbocycles. The van der Waals surface area contributed by atoms with E-state index in [-0.39, 0.29) is 25.1 Å². The molecule has 4 rings (SSSR count). The molecular formula is C21H21N7O2. The third-order valence-electron chi connectivity index (χ3n) is 4.46. The van der Waals surface area contributed by atoms with Gasteiger partial charge in [0.25, 0.3) is 0 Å². The number of nitrogens with zero attached hydrogens (tertiary/aromatic N) is 6. The Hall–Kier alpha value is -4.01. The lowest BCUT2D eigenvalue weighted by Crippen LogP contribution is -2.30. The fourth-order valence-corrected chi connectivity index (χ4v) is 2.91. The number of nitrogens with one attached hydrogen (secondary N) is 1. The number of para-hydroxylation sites is 1. The van der Waals surface area contributed by atoms with E-state index in [4.69, 9.17) is 4.74 Å². The molecule has 1 amide bonds. The van der Waals surface area contributed by atoms with Gasteiger partial charge in [-0.1, -0.05) is 30.3 Å². The Labute approximate surface area is 173 Å². The van der Waals surface area contributed by atoms with E-state index in [1.165, 1.54) is 4.80 Å². The summed E-state index contributed by atoms with van der Waals surface area (Å²) in [7, 11) is 0. The average molecular weight is 403 g/mol. The highest BCUT2D eigenvalue weighted by molar-refractivity contribution is 5.76. The first-order valence-corrected chi connectivity index (χ1v) is 9.49. The standard InChI is InChI=1S/C21H21N7O2/c1-16(17-7-9-18(10-8-17)27-12-11-22-15-27)23-21(29)13-28-25-20(24-26-28)14-30-19-5-3-2-4-6-19/h2-12,15-16H,13-14H2,1H3,(H,23,29)/t16-/m1/s1. The SMILES string of the molecule is C[C@@H](NC(=O)Cn1nnc(COc2ccccc2)n1)c1ccc(-n2ccnc2)cc1. The fourth-order valence-electron chi connectivity index (χ4n) is 2.91. The van der Waals surface area contributed by atoms with Crippen molar-refractivity contribution < 1.29 is 9.53 Å². The lowest BCUT2D eigenvalue weighted by molar-refractivity contribution is -0.122. The van der Waals surface area contributed by atoms with Crippen LogP contribution in [0.4, 0.5) is 0 Å². The number of aromatic nitrogens is 6. The molecule has 0 aliphatic heterocycles. The van der Waals surface area contributed by atoms with Crippen LogP contribution < -0.4 is 10.1 Å². The van der Waals surface area contributed by atoms with E-state index in [2.05, 4.69) is 25.7 Å². The number of rotatable bonds is 8. The topological polar surface area (TPSA) is 99.8 Å². The molecule has 4 aromatic rings. The minimum atomic E-state index is -0.200. The molecule has 0 aliphatic rings. The summed E-state index contributed by atoms with van der Waals surface area (Å²) in [6.07, 6.45) is 5.35. The van der Waals surface area contributed by atoms with Crippen LogP contribution in [0.25, 0.3) is 5.69 Å². The number of hydrogen-bond acceptors (Lipinski definition) is 6. The molecule has 0 unspecified atom stereocenters. The number of tetrazole rings is 1. The molecule has 0 saturated heterocycles. The Kier molecular flexibility index (Phi) is 5.79. The van der Waals surface area contributed by atoms with Gasteiger partial charge in [0, 0.05) is 18.1 Å². The second kappa shape index (κ2) is 8.99. The van der Waals surface area contributed by atoms with Gasteiger partial charge in [-0.2, -0.15) is 4.80 Å². The molecule has 1 N–H and O–H groups in total. The van der Waals surface area contributed by atoms with Gasteiger partial charge in [0.1, 0.15) is 12.3 Å². The van der Waals surface area contributed by atoms with E-state index >= 15 is 0 Å². The molecule has 2 aromatic heterocycles. The molecule has 2 heterocycles. The summed E-state index contributed by atoms with van der Waals surface area (Å²) in [5.41, 5.74) is 2.00. The summed E-state index contributed by atoms with van der Waals surface area (Å²) < 4.78 is 7.50. The molecule has 9 nitrogen and oxygen atoms in total. The number of carbonyl (C=O) groups is 1. The third kappa shape index (κ3) is 4.88. The molecule has 0 bridgehead atoms. The van der Waals surface area contributed by atoms with Gasteiger partial charge in [-0.15, -0.1) is 10.2 Å². The van der Waals surface area contributed by atoms with Gasteiger partial charge in [-0.25, -0.2) is 4.98 Å². The predicted molar refractivity (Wildman–Crippen MR) is 109 cm³/mol. The van der Waals surface area contributed by atoms with E-state index in [1.54, 1.807) is 12.5 Å². The highest BCUT2D eigenvalue weighted by Crippen LogP contribution is 2.15. The number of imidazole rings is 1. The Bertz CT molecular complexity index is 1080. The zero-order valence-electron chi connectivity index (χ0n) is 16.4. The van der Waals surface area contributed by atoms with E-state index in [0.29, 0.717) is 5.82 Å². The first-order chi connectivity index (χ1) is 14.7. The molecule has 1 atom stereocenters. The van der Waals surface area contributed by atoms with Gasteiger partial charge in [0.2, 0.25) is 11.7 Å². The van der Waals surface area contributed by atoms with Crippen molar-refractivity contribution in [2.24, 2.45) is 0 Å². The minimum absolute atomic E-state index is 0.0181. The Morgan fingerprint density at radius 2 is 1.93 bits per heavy atom. The highest BCUT2D eigenvalue weighted by atomic mass is 16.5. The number of hydrogen-bond donors (Lipinski definition) is 1. The van der Waals surface area contributed by atoms with Gasteiger partial charge in [0.05, 0.1) is 12.4 Å². The first kappa shape index (κ1) is 19.3. The van der Waals surface area contributed by atoms with E-state index in [9.17, 15) is 4.79 Å². The van der Waals surface area contributed by atoms with E-state index < -0.39 is 0 Å². The van der Waals surface area contributed by atoms with E-state index in [0.717, 1.165) is 17.0 Å². The van der Waals surface area contributed by atoms with Crippen LogP contribution in [0.2, 0.25) is 0 Å². The molecule has 30 heavy (non-hydrogen) atoms. The number of benzene rings is 2. The van der Waals surface area contributed by atoms with Gasteiger partial charge in [-0.3, -0.25) is 4.79 Å². The summed E-state index contributed by atoms with van der Waals surface area (Å²) >= 11 is 0. The summed E-state index contributed by atoms with van der Waals surface area (Å²) in [5, 5.41) is 15.0. The Balaban J connectivity index is 1.28. The van der Waals surface area contributed by atoms with Crippen molar-refractivity contribution in [3.8, 4) is 11.4 Å². The highest BCUT2D eigenvalue weighted by Gasteiger charge is 2.12. The minimum Gasteiger partial charge on any atom is -0.485 e. The molecule has 0 aliphatic carbocycles. The van der Waals surface area contributed by atoms with Crippen molar-refractivity contribution in [1.29, 1.82) is 0 Å². The molecule has 0 fully saturated rings. The average Bonchev–Trinajstić information content (AvgIpc) is 3.45. The van der Waals surface area contributed by atoms with Crippen molar-refractivity contribution in [2.45, 2.75) is 26.1 Å². The normalized spacial score (nSPS) is 11.8. The zero-order chi connectivity index (χ0) is 20.8. The van der Waals surface area contributed by atoms with Crippen LogP contribution in [0.15, 0.2) is 73.3 Å². The van der Waals surface area contributed by atoms with Crippen LogP contribution in [-0.2, 0) is 17.9 Å². The maximum absolute atomic E-state index is 12.4. The third-order valence-corrected chi connectivity index (χ3v) is 4.46. The number of amides is 1. The van der Waals surface area contributed by atoms with Gasteiger partial charge < -0.3 is 14.6 Å². The van der Waals surface area contributed by atoms with Crippen molar-refractivity contribution in [2.75, 3.05) is 0 Å². The van der Waals surface area contributed by atoms with Gasteiger partial charge >= 0.3 is 0 Å². The summed E-state index contributed by atoms with van der Waals surface area (Å²) in [4.78, 5) is 17.7. The number of carbonyl (C=O) groups excluding carboxylic acids is 1. The van der Waals surface area contributed by atoms with Crippen LogP contribution in [0, 0.1) is 0 Å². The smallest absolute Gasteiger partial charge is 0.244 e. The molecule has 9 heteroatoms. The Morgan fingerprint density at radius 3 is 2.67 bits per heavy atom. The second-order valence-electron chi connectivity index (χ2n) is 6.69. The fraction of sp³-hybridized carbons (Fsp3) is 0.190. The molecule has 0 spiro atoms. The van der Waals surface area contributed by atoms with Gasteiger partial charge in [0.15, 0.2) is 6.61 Å². The zero-order valence-corrected chi connectivity index (χ0v) is 16.4. The van der Waals surface area contributed by atoms with Gasteiger partial charge in [-0.05, 0) is 42.0 Å². The van der Waals surface area contributed by atoms with Crippen LogP contribution in [-0.4, -0.2) is 35.7 Å². The van der Waals surface area contributed by atoms with Crippen molar-refractivity contribution in [1.82, 2.24) is 35.1 Å². The van der Waals surface area contributed by atoms with Crippen LogP contribution in [0.5, 0.6) is 5.75 Å². The number of ether oxygens (including phenoxy) is 1. The summed E-state index contributed by atoms with van der Waals surface area (Å²) in [6.45, 7) is 2.10. The molecule has 2 aromatic carbocycles. The lowest BCUT2D eigenvalue weighted by atomic mass is 10.1. The lowest BCUT2D eigenvalue weighted by Gasteiger charge is -2.14. The first-order valence-electron chi connectivity index (χ1n) is 9.49. The summed E-state index contributed by atoms with van der Waals surface area (Å²) in [6, 6.07) is 17.2. The largest absolute Gasteiger partial charge is 0.485 e. The van der Waals surface area contributed by atoms with Crippen molar-refractivity contribution in [3.63, 3.8) is 0 Å². The molecular weight excluding hydrogens is 382 g/mol. The van der Waals surface area contributed by atoms with Crippen molar-refractivity contribution in [3.05, 3.63) is 84.7 Å². The second-order valence-corrected chi connectivity index (χ2v) is 6.69. The molecule has 0 radical (unpaired) electrons. The van der Waals surface area contributed by atoms with E-state index in [1.807, 2.05) is 72.3 Å². The predicted octanol–water partition coefficient (Wildman–Crippen LogP) is 2.32. The summed E-state index contributed by atoms with van der Waals surface area (Å²) in [5.74, 6) is 0.934. The maximum Gasteiger partial charge on any atom is 0.244 e. The maximum atomic E-state index is 12.4. The van der Waals surface area contributed by atoms with Crippen LogP contribution in [0.3, 0.4) is 0 Å². The van der Waals surface area contributed by atoms with Crippen molar-refractivity contribution >= 4 is 5.91 Å². The Morgan fingerprint density at radius 1 is 1.13 bits per heavy atom. The van der Waals surface area contributed by atoms with Crippen LogP contribution in [0.1, 0.15) is 24.4 Å². The quantitative estimate of drug-likeness (QED) is 0.485. The molecule has 152 valence electrons. The van der Waals surface area contributed by atoms with Crippen LogP contribution >= 0.6 is 0 Å².